The number of carbonyl (C=O) groups is 1. The SMILES string of the molecule is COC(=O)c1ccc(COc2ccc(C=Nc3ccc(OC)nc3)cc2)cc1. The Labute approximate surface area is 163 Å². The molecule has 0 spiro atoms. The molecule has 0 saturated carbocycles. The molecular weight excluding hydrogens is 356 g/mol. The Morgan fingerprint density at radius 3 is 2.36 bits per heavy atom. The Morgan fingerprint density at radius 2 is 1.75 bits per heavy atom. The van der Waals surface area contributed by atoms with Gasteiger partial charge in [-0.15, -0.1) is 0 Å². The molecule has 0 atom stereocenters. The summed E-state index contributed by atoms with van der Waals surface area (Å²) in [5.74, 6) is 0.954. The van der Waals surface area contributed by atoms with E-state index < -0.39 is 0 Å². The second kappa shape index (κ2) is 9.32. The number of nitrogens with zero attached hydrogens (tertiary/aromatic N) is 2. The van der Waals surface area contributed by atoms with Crippen molar-refractivity contribution >= 4 is 17.9 Å². The summed E-state index contributed by atoms with van der Waals surface area (Å²) in [6.45, 7) is 0.409. The van der Waals surface area contributed by atoms with Crippen LogP contribution in [0.25, 0.3) is 0 Å². The highest BCUT2D eigenvalue weighted by atomic mass is 16.5. The average molecular weight is 376 g/mol. The van der Waals surface area contributed by atoms with Crippen LogP contribution in [0, 0.1) is 0 Å². The van der Waals surface area contributed by atoms with E-state index in [-0.39, 0.29) is 5.97 Å². The fourth-order valence-electron chi connectivity index (χ4n) is 2.39. The predicted molar refractivity (Wildman–Crippen MR) is 107 cm³/mol. The van der Waals surface area contributed by atoms with E-state index in [0.717, 1.165) is 22.6 Å². The third kappa shape index (κ3) is 5.17. The Bertz CT molecular complexity index is 934. The Kier molecular flexibility index (Phi) is 6.36. The maximum absolute atomic E-state index is 11.4. The summed E-state index contributed by atoms with van der Waals surface area (Å²) in [7, 11) is 2.94. The predicted octanol–water partition coefficient (Wildman–Crippen LogP) is 4.21. The minimum atomic E-state index is -0.352. The number of esters is 1. The highest BCUT2D eigenvalue weighted by Crippen LogP contribution is 2.16. The normalized spacial score (nSPS) is 10.6. The lowest BCUT2D eigenvalue weighted by atomic mass is 10.1. The summed E-state index contributed by atoms with van der Waals surface area (Å²) in [6.07, 6.45) is 3.41. The Balaban J connectivity index is 1.55. The van der Waals surface area contributed by atoms with Gasteiger partial charge >= 0.3 is 5.97 Å². The summed E-state index contributed by atoms with van der Waals surface area (Å²) in [6, 6.07) is 18.4. The van der Waals surface area contributed by atoms with E-state index in [4.69, 9.17) is 9.47 Å². The van der Waals surface area contributed by atoms with Crippen molar-refractivity contribution in [2.45, 2.75) is 6.61 Å². The largest absolute Gasteiger partial charge is 0.489 e. The Hall–Kier alpha value is -3.67. The van der Waals surface area contributed by atoms with Crippen molar-refractivity contribution in [1.29, 1.82) is 0 Å². The van der Waals surface area contributed by atoms with Gasteiger partial charge in [-0.3, -0.25) is 4.99 Å². The lowest BCUT2D eigenvalue weighted by Crippen LogP contribution is -2.02. The summed E-state index contributed by atoms with van der Waals surface area (Å²) in [5.41, 5.74) is 3.18. The van der Waals surface area contributed by atoms with Gasteiger partial charge in [-0.25, -0.2) is 9.78 Å². The van der Waals surface area contributed by atoms with Gasteiger partial charge in [0, 0.05) is 12.3 Å². The van der Waals surface area contributed by atoms with Crippen molar-refractivity contribution in [1.82, 2.24) is 4.98 Å². The van der Waals surface area contributed by atoms with Crippen LogP contribution in [0.1, 0.15) is 21.5 Å². The molecule has 6 nitrogen and oxygen atoms in total. The zero-order chi connectivity index (χ0) is 19.8. The molecular formula is C22H20N2O4. The van der Waals surface area contributed by atoms with Crippen LogP contribution in [0.2, 0.25) is 0 Å². The Morgan fingerprint density at radius 1 is 1.00 bits per heavy atom. The number of hydrogen-bond donors (Lipinski definition) is 0. The van der Waals surface area contributed by atoms with Crippen LogP contribution in [-0.2, 0) is 11.3 Å². The number of aromatic nitrogens is 1. The second-order valence-corrected chi connectivity index (χ2v) is 5.86. The third-order valence-corrected chi connectivity index (χ3v) is 3.95. The van der Waals surface area contributed by atoms with Crippen LogP contribution >= 0.6 is 0 Å². The first-order valence-corrected chi connectivity index (χ1v) is 8.62. The van der Waals surface area contributed by atoms with Gasteiger partial charge in [0.1, 0.15) is 12.4 Å². The quantitative estimate of drug-likeness (QED) is 0.456. The molecule has 2 aromatic carbocycles. The molecule has 0 fully saturated rings. The number of carbonyl (C=O) groups excluding carboxylic acids is 1. The minimum absolute atomic E-state index is 0.352. The van der Waals surface area contributed by atoms with E-state index in [1.807, 2.05) is 42.5 Å². The highest BCUT2D eigenvalue weighted by Gasteiger charge is 2.04. The maximum Gasteiger partial charge on any atom is 0.337 e. The third-order valence-electron chi connectivity index (χ3n) is 3.95. The van der Waals surface area contributed by atoms with Gasteiger partial charge in [0.05, 0.1) is 31.7 Å². The first-order chi connectivity index (χ1) is 13.7. The van der Waals surface area contributed by atoms with E-state index in [0.29, 0.717) is 18.1 Å². The van der Waals surface area contributed by atoms with E-state index >= 15 is 0 Å². The fourth-order valence-corrected chi connectivity index (χ4v) is 2.39. The van der Waals surface area contributed by atoms with Crippen LogP contribution in [-0.4, -0.2) is 31.4 Å². The molecule has 0 amide bonds. The highest BCUT2D eigenvalue weighted by molar-refractivity contribution is 5.89. The molecule has 142 valence electrons. The van der Waals surface area contributed by atoms with Gasteiger partial charge in [0.15, 0.2) is 0 Å². The molecule has 3 aromatic rings. The number of hydrogen-bond acceptors (Lipinski definition) is 6. The van der Waals surface area contributed by atoms with E-state index in [1.54, 1.807) is 37.7 Å². The number of methoxy groups -OCH3 is 2. The number of pyridine rings is 1. The molecule has 0 aliphatic carbocycles. The first kappa shape index (κ1) is 19.1. The monoisotopic (exact) mass is 376 g/mol. The van der Waals surface area contributed by atoms with Gasteiger partial charge in [-0.2, -0.15) is 0 Å². The second-order valence-electron chi connectivity index (χ2n) is 5.86. The van der Waals surface area contributed by atoms with Crippen LogP contribution in [0.3, 0.4) is 0 Å². The number of aliphatic imine (C=N–C) groups is 1. The lowest BCUT2D eigenvalue weighted by molar-refractivity contribution is 0.0600. The molecule has 0 unspecified atom stereocenters. The van der Waals surface area contributed by atoms with Crippen molar-refractivity contribution in [2.75, 3.05) is 14.2 Å². The maximum atomic E-state index is 11.4. The number of benzene rings is 2. The van der Waals surface area contributed by atoms with Crippen molar-refractivity contribution in [2.24, 2.45) is 4.99 Å². The summed E-state index contributed by atoms with van der Waals surface area (Å²) >= 11 is 0. The van der Waals surface area contributed by atoms with Crippen molar-refractivity contribution in [3.8, 4) is 11.6 Å². The van der Waals surface area contributed by atoms with Crippen molar-refractivity contribution < 1.29 is 19.0 Å². The number of ether oxygens (including phenoxy) is 3. The first-order valence-electron chi connectivity index (χ1n) is 8.62. The molecule has 1 heterocycles. The van der Waals surface area contributed by atoms with Gasteiger partial charge in [-0.1, -0.05) is 12.1 Å². The molecule has 1 aromatic heterocycles. The van der Waals surface area contributed by atoms with Gasteiger partial charge < -0.3 is 14.2 Å². The standard InChI is InChI=1S/C22H20N2O4/c1-26-21-12-9-19(14-24-21)23-13-16-5-10-20(11-6-16)28-15-17-3-7-18(8-4-17)22(25)27-2/h3-14H,15H2,1-2H3. The minimum Gasteiger partial charge on any atom is -0.489 e. The molecule has 0 aliphatic heterocycles. The van der Waals surface area contributed by atoms with Crippen molar-refractivity contribution in [3.05, 3.63) is 83.6 Å². The molecule has 0 saturated heterocycles. The topological polar surface area (TPSA) is 70.0 Å². The summed E-state index contributed by atoms with van der Waals surface area (Å²) in [4.78, 5) is 19.9. The molecule has 0 N–H and O–H groups in total. The lowest BCUT2D eigenvalue weighted by Gasteiger charge is -2.07. The van der Waals surface area contributed by atoms with Crippen molar-refractivity contribution in [3.63, 3.8) is 0 Å². The molecule has 0 aliphatic rings. The fraction of sp³-hybridized carbons (Fsp3) is 0.136. The van der Waals surface area contributed by atoms with Crippen LogP contribution in [0.5, 0.6) is 11.6 Å². The molecule has 6 heteroatoms. The average Bonchev–Trinajstić information content (AvgIpc) is 2.77. The summed E-state index contributed by atoms with van der Waals surface area (Å²) < 4.78 is 15.5. The molecule has 0 bridgehead atoms. The van der Waals surface area contributed by atoms with E-state index in [2.05, 4.69) is 14.7 Å². The van der Waals surface area contributed by atoms with E-state index in [9.17, 15) is 4.79 Å². The van der Waals surface area contributed by atoms with Crippen LogP contribution < -0.4 is 9.47 Å². The van der Waals surface area contributed by atoms with Crippen LogP contribution in [0.15, 0.2) is 71.9 Å². The van der Waals surface area contributed by atoms with Gasteiger partial charge in [0.2, 0.25) is 5.88 Å². The van der Waals surface area contributed by atoms with Gasteiger partial charge in [-0.05, 0) is 53.6 Å². The van der Waals surface area contributed by atoms with E-state index in [1.165, 1.54) is 7.11 Å². The molecule has 0 radical (unpaired) electrons. The smallest absolute Gasteiger partial charge is 0.337 e. The molecule has 28 heavy (non-hydrogen) atoms. The zero-order valence-electron chi connectivity index (χ0n) is 15.7. The molecule has 3 rings (SSSR count). The zero-order valence-corrected chi connectivity index (χ0v) is 15.7. The van der Waals surface area contributed by atoms with Gasteiger partial charge in [0.25, 0.3) is 0 Å². The number of rotatable bonds is 7. The summed E-state index contributed by atoms with van der Waals surface area (Å²) in [5, 5.41) is 0. The van der Waals surface area contributed by atoms with Crippen LogP contribution in [0.4, 0.5) is 5.69 Å².